The van der Waals surface area contributed by atoms with Crippen LogP contribution in [-0.2, 0) is 17.5 Å². The summed E-state index contributed by atoms with van der Waals surface area (Å²) in [5.41, 5.74) is 12.7. The summed E-state index contributed by atoms with van der Waals surface area (Å²) in [6, 6.07) is 7.15. The summed E-state index contributed by atoms with van der Waals surface area (Å²) in [5, 5.41) is 22.4. The Labute approximate surface area is 314 Å². The van der Waals surface area contributed by atoms with Crippen molar-refractivity contribution in [1.82, 2.24) is 19.3 Å². The average molecular weight is 764 g/mol. The summed E-state index contributed by atoms with van der Waals surface area (Å²) >= 11 is 0. The Morgan fingerprint density at radius 2 is 1.69 bits per heavy atom. The number of rotatable bonds is 18. The van der Waals surface area contributed by atoms with E-state index >= 15 is 0 Å². The highest BCUT2D eigenvalue weighted by molar-refractivity contribution is 6.74. The van der Waals surface area contributed by atoms with Crippen molar-refractivity contribution in [3.63, 3.8) is 0 Å². The molecular weight excluding hydrogens is 715 g/mol. The first-order chi connectivity index (χ1) is 25.4. The third-order valence-corrected chi connectivity index (χ3v) is 13.7. The van der Waals surface area contributed by atoms with Gasteiger partial charge in [-0.25, -0.2) is 4.98 Å². The van der Waals surface area contributed by atoms with Gasteiger partial charge >= 0.3 is 0 Å². The highest BCUT2D eigenvalue weighted by Crippen LogP contribution is 2.38. The quantitative estimate of drug-likeness (QED) is 0.0330. The van der Waals surface area contributed by atoms with Gasteiger partial charge < -0.3 is 35.3 Å². The van der Waals surface area contributed by atoms with Crippen LogP contribution in [0, 0.1) is 17.0 Å². The molecule has 0 saturated carbocycles. The molecular formula is C36H49N9O8Si. The van der Waals surface area contributed by atoms with Crippen molar-refractivity contribution >= 4 is 54.4 Å². The monoisotopic (exact) mass is 763 g/mol. The molecule has 0 atom stereocenters. The molecule has 4 aromatic rings. The second-order valence-electron chi connectivity index (χ2n) is 14.1. The molecule has 0 aliphatic carbocycles. The number of nitrogens with zero attached hydrogens (tertiary/aromatic N) is 5. The molecule has 54 heavy (non-hydrogen) atoms. The summed E-state index contributed by atoms with van der Waals surface area (Å²) in [7, 11) is -0.539. The number of hydrogen-bond acceptors (Lipinski definition) is 11. The molecule has 0 aliphatic rings. The van der Waals surface area contributed by atoms with Crippen molar-refractivity contribution in [1.29, 1.82) is 0 Å². The third-order valence-electron chi connectivity index (χ3n) is 9.20. The van der Waals surface area contributed by atoms with E-state index < -0.39 is 31.0 Å². The fraction of sp³-hybridized carbons (Fsp3) is 0.417. The van der Waals surface area contributed by atoms with Crippen molar-refractivity contribution in [3.05, 3.63) is 75.1 Å². The third kappa shape index (κ3) is 9.42. The fourth-order valence-corrected chi connectivity index (χ4v) is 6.41. The van der Waals surface area contributed by atoms with E-state index in [1.54, 1.807) is 34.4 Å². The molecule has 4 rings (SSSR count). The van der Waals surface area contributed by atoms with Gasteiger partial charge in [0.15, 0.2) is 14.0 Å². The van der Waals surface area contributed by atoms with E-state index in [0.717, 1.165) is 6.07 Å². The first kappa shape index (κ1) is 41.0. The van der Waals surface area contributed by atoms with Crippen LogP contribution in [0.2, 0.25) is 18.1 Å². The van der Waals surface area contributed by atoms with E-state index in [2.05, 4.69) is 54.6 Å². The summed E-state index contributed by atoms with van der Waals surface area (Å²) in [5.74, 6) is -1.39. The number of benzene rings is 2. The topological polar surface area (TPSA) is 234 Å². The first-order valence-electron chi connectivity index (χ1n) is 17.4. The predicted octanol–water partition coefficient (Wildman–Crippen LogP) is 5.39. The van der Waals surface area contributed by atoms with Crippen LogP contribution in [0.1, 0.15) is 71.0 Å². The average Bonchev–Trinajstić information content (AvgIpc) is 3.65. The molecule has 0 aliphatic heterocycles. The Hall–Kier alpha value is -5.75. The number of imidazole rings is 1. The number of primary amides is 2. The van der Waals surface area contributed by atoms with Crippen molar-refractivity contribution in [2.75, 3.05) is 37.5 Å². The number of carbonyl (C=O) groups is 3. The Bertz CT molecular complexity index is 2080. The second kappa shape index (κ2) is 16.9. The highest BCUT2D eigenvalue weighted by atomic mass is 28.4. The molecule has 18 heteroatoms. The molecule has 2 aromatic heterocycles. The summed E-state index contributed by atoms with van der Waals surface area (Å²) in [4.78, 5) is 53.6. The highest BCUT2D eigenvalue weighted by Gasteiger charge is 2.37. The van der Waals surface area contributed by atoms with E-state index in [1.807, 2.05) is 6.92 Å². The van der Waals surface area contributed by atoms with Crippen LogP contribution in [0.4, 0.5) is 17.3 Å². The number of nitrogens with one attached hydrogen (secondary N) is 2. The molecule has 0 saturated heterocycles. The maximum absolute atomic E-state index is 13.4. The minimum absolute atomic E-state index is 0.0361. The predicted molar refractivity (Wildman–Crippen MR) is 208 cm³/mol. The van der Waals surface area contributed by atoms with E-state index in [0.29, 0.717) is 47.7 Å². The van der Waals surface area contributed by atoms with Gasteiger partial charge in [0.2, 0.25) is 17.8 Å². The van der Waals surface area contributed by atoms with Gasteiger partial charge in [0.1, 0.15) is 22.7 Å². The lowest BCUT2D eigenvalue weighted by Gasteiger charge is -2.36. The zero-order chi connectivity index (χ0) is 40.0. The lowest BCUT2D eigenvalue weighted by molar-refractivity contribution is -0.384. The first-order valence-corrected chi connectivity index (χ1v) is 20.3. The minimum atomic E-state index is -1.98. The van der Waals surface area contributed by atoms with Gasteiger partial charge in [0, 0.05) is 49.9 Å². The van der Waals surface area contributed by atoms with Crippen LogP contribution in [0.5, 0.6) is 11.5 Å². The van der Waals surface area contributed by atoms with E-state index in [1.165, 1.54) is 25.3 Å². The molecule has 17 nitrogen and oxygen atoms in total. The van der Waals surface area contributed by atoms with Gasteiger partial charge in [0.25, 0.3) is 11.6 Å². The lowest BCUT2D eigenvalue weighted by Crippen LogP contribution is -2.41. The Morgan fingerprint density at radius 1 is 1.02 bits per heavy atom. The maximum atomic E-state index is 13.4. The van der Waals surface area contributed by atoms with Gasteiger partial charge in [-0.1, -0.05) is 32.9 Å². The van der Waals surface area contributed by atoms with Gasteiger partial charge in [-0.05, 0) is 56.2 Å². The number of ether oxygens (including phenoxy) is 2. The van der Waals surface area contributed by atoms with Crippen molar-refractivity contribution < 1.29 is 33.2 Å². The Balaban J connectivity index is 1.59. The summed E-state index contributed by atoms with van der Waals surface area (Å²) in [6.45, 7) is 15.8. The zero-order valence-corrected chi connectivity index (χ0v) is 32.9. The normalized spacial score (nSPS) is 11.9. The molecule has 0 radical (unpaired) electrons. The number of aryl methyl sites for hydroxylation is 2. The Morgan fingerprint density at radius 3 is 2.30 bits per heavy atom. The number of amides is 3. The molecule has 0 fully saturated rings. The van der Waals surface area contributed by atoms with Crippen molar-refractivity contribution in [2.24, 2.45) is 11.5 Å². The van der Waals surface area contributed by atoms with E-state index in [-0.39, 0.29) is 58.9 Å². The zero-order valence-electron chi connectivity index (χ0n) is 31.9. The molecule has 290 valence electrons. The molecule has 2 heterocycles. The van der Waals surface area contributed by atoms with Crippen LogP contribution in [-0.4, -0.2) is 77.2 Å². The van der Waals surface area contributed by atoms with Crippen LogP contribution < -0.4 is 31.6 Å². The number of methoxy groups -OCH3 is 1. The summed E-state index contributed by atoms with van der Waals surface area (Å²) < 4.78 is 21.1. The molecule has 6 N–H and O–H groups in total. The largest absolute Gasteiger partial charge is 0.494 e. The number of aromatic nitrogens is 4. The van der Waals surface area contributed by atoms with Gasteiger partial charge in [0.05, 0.1) is 29.9 Å². The van der Waals surface area contributed by atoms with E-state index in [9.17, 15) is 24.5 Å². The van der Waals surface area contributed by atoms with Crippen molar-refractivity contribution in [3.8, 4) is 11.5 Å². The van der Waals surface area contributed by atoms with E-state index in [4.69, 9.17) is 25.4 Å². The number of nitro groups is 1. The van der Waals surface area contributed by atoms with Crippen LogP contribution in [0.3, 0.4) is 0 Å². The summed E-state index contributed by atoms with van der Waals surface area (Å²) in [6.07, 6.45) is 4.00. The molecule has 0 bridgehead atoms. The number of anilines is 2. The molecule has 0 unspecified atom stereocenters. The van der Waals surface area contributed by atoms with Crippen molar-refractivity contribution in [2.45, 2.75) is 72.3 Å². The van der Waals surface area contributed by atoms with Crippen LogP contribution in [0.25, 0.3) is 11.0 Å². The number of hydrogen-bond donors (Lipinski definition) is 4. The molecule has 3 amide bonds. The van der Waals surface area contributed by atoms with Gasteiger partial charge in [-0.15, -0.1) is 0 Å². The second-order valence-corrected chi connectivity index (χ2v) is 18.9. The number of carbonyl (C=O) groups excluding carboxylic acids is 3. The molecule has 0 spiro atoms. The lowest BCUT2D eigenvalue weighted by atomic mass is 10.1. The smallest absolute Gasteiger partial charge is 0.296 e. The number of nitrogens with two attached hydrogens (primary N) is 2. The molecule has 2 aromatic carbocycles. The SMILES string of the molecule is CCn1nc(C)cc1C(=O)Nc1nc2cc(C(N)=O)cc(OC)c2n1C/C=C/CNc1c(OCCCO[Si](C)(C)C(C)(C)C)cc(C(N)=O)cc1[N+](=O)[O-]. The number of allylic oxidation sites excluding steroid dienone is 1. The fourth-order valence-electron chi connectivity index (χ4n) is 5.32. The standard InChI is InChI=1S/C36H49N9O8Si/c1-9-44-27(17-22(2)42-44)34(48)41-35-40-25-18-23(32(37)46)21-29(51-6)31(25)43(35)14-11-10-13-39-30-26(45(49)50)19-24(33(38)47)20-28(30)52-15-12-16-53-54(7,8)36(3,4)5/h10-11,17-21,39H,9,12-16H2,1-8H3,(H2,37,46)(H2,38,47)(H,40,41,48)/b11-10+. The van der Waals surface area contributed by atoms with Crippen LogP contribution in [0.15, 0.2) is 42.5 Å². The maximum Gasteiger partial charge on any atom is 0.296 e. The van der Waals surface area contributed by atoms with Gasteiger partial charge in [-0.3, -0.25) is 34.5 Å². The van der Waals surface area contributed by atoms with Crippen LogP contribution >= 0.6 is 0 Å². The minimum Gasteiger partial charge on any atom is -0.494 e. The number of nitro benzene ring substituents is 1. The van der Waals surface area contributed by atoms with Gasteiger partial charge in [-0.2, -0.15) is 5.10 Å². The Kier molecular flexibility index (Phi) is 12.9. The number of fused-ring (bicyclic) bond motifs is 1.